The summed E-state index contributed by atoms with van der Waals surface area (Å²) in [6.07, 6.45) is 2.30. The van der Waals surface area contributed by atoms with Crippen LogP contribution < -0.4 is 5.32 Å². The first-order valence-corrected chi connectivity index (χ1v) is 7.75. The summed E-state index contributed by atoms with van der Waals surface area (Å²) >= 11 is 0. The first-order chi connectivity index (χ1) is 11.0. The van der Waals surface area contributed by atoms with Crippen LogP contribution in [0.15, 0.2) is 22.6 Å². The van der Waals surface area contributed by atoms with Crippen LogP contribution >= 0.6 is 0 Å². The molecular weight excluding hydrogens is 292 g/mol. The highest BCUT2D eigenvalue weighted by atomic mass is 16.3. The molecule has 0 aliphatic heterocycles. The minimum absolute atomic E-state index is 0.158. The molecule has 1 aromatic carbocycles. The monoisotopic (exact) mass is 310 g/mol. The van der Waals surface area contributed by atoms with E-state index in [1.807, 2.05) is 39.1 Å². The summed E-state index contributed by atoms with van der Waals surface area (Å²) in [5.74, 6) is 1.12. The number of oxazole rings is 1. The number of anilines is 1. The Hall–Kier alpha value is -2.63. The third-order valence-corrected chi connectivity index (χ3v) is 4.33. The van der Waals surface area contributed by atoms with Crippen molar-refractivity contribution < 1.29 is 9.21 Å². The number of rotatable bonds is 3. The SMILES string of the molecule is Cc1nn(C)c(C)c1C(=O)Nc1ccc2nc(C3CC3)oc2c1. The Labute approximate surface area is 133 Å². The van der Waals surface area contributed by atoms with E-state index in [4.69, 9.17) is 4.42 Å². The Kier molecular flexibility index (Phi) is 3.01. The van der Waals surface area contributed by atoms with Gasteiger partial charge in [0.25, 0.3) is 5.91 Å². The van der Waals surface area contributed by atoms with Crippen molar-refractivity contribution in [2.24, 2.45) is 7.05 Å². The van der Waals surface area contributed by atoms with Crippen LogP contribution in [0.5, 0.6) is 0 Å². The van der Waals surface area contributed by atoms with Crippen LogP contribution in [0.4, 0.5) is 5.69 Å². The smallest absolute Gasteiger partial charge is 0.259 e. The Morgan fingerprint density at radius 1 is 1.35 bits per heavy atom. The Bertz CT molecular complexity index is 918. The summed E-state index contributed by atoms with van der Waals surface area (Å²) in [5, 5.41) is 7.20. The van der Waals surface area contributed by atoms with E-state index < -0.39 is 0 Å². The fraction of sp³-hybridized carbons (Fsp3) is 0.353. The normalized spacial score (nSPS) is 14.4. The zero-order chi connectivity index (χ0) is 16.1. The number of carbonyl (C=O) groups excluding carboxylic acids is 1. The van der Waals surface area contributed by atoms with Crippen molar-refractivity contribution in [3.63, 3.8) is 0 Å². The molecule has 1 fully saturated rings. The standard InChI is InChI=1S/C17H18N4O2/c1-9-15(10(2)21(3)20-9)16(22)18-12-6-7-13-14(8-12)23-17(19-13)11-4-5-11/h6-8,11H,4-5H2,1-3H3,(H,18,22). The van der Waals surface area contributed by atoms with E-state index in [2.05, 4.69) is 15.4 Å². The van der Waals surface area contributed by atoms with Gasteiger partial charge in [-0.15, -0.1) is 0 Å². The van der Waals surface area contributed by atoms with Gasteiger partial charge < -0.3 is 9.73 Å². The van der Waals surface area contributed by atoms with E-state index >= 15 is 0 Å². The molecule has 0 bridgehead atoms. The Balaban J connectivity index is 1.62. The van der Waals surface area contributed by atoms with Gasteiger partial charge in [-0.05, 0) is 38.8 Å². The number of aromatic nitrogens is 3. The van der Waals surface area contributed by atoms with Crippen molar-refractivity contribution in [1.29, 1.82) is 0 Å². The molecule has 0 radical (unpaired) electrons. The zero-order valence-electron chi connectivity index (χ0n) is 13.4. The van der Waals surface area contributed by atoms with Gasteiger partial charge in [0.05, 0.1) is 11.3 Å². The quantitative estimate of drug-likeness (QED) is 0.805. The topological polar surface area (TPSA) is 73.0 Å². The lowest BCUT2D eigenvalue weighted by molar-refractivity contribution is 0.102. The zero-order valence-corrected chi connectivity index (χ0v) is 13.4. The van der Waals surface area contributed by atoms with E-state index in [0.717, 1.165) is 35.6 Å². The molecule has 6 nitrogen and oxygen atoms in total. The lowest BCUT2D eigenvalue weighted by Crippen LogP contribution is -2.14. The summed E-state index contributed by atoms with van der Waals surface area (Å²) < 4.78 is 7.51. The maximum atomic E-state index is 12.5. The van der Waals surface area contributed by atoms with Crippen molar-refractivity contribution >= 4 is 22.7 Å². The summed E-state index contributed by atoms with van der Waals surface area (Å²) in [7, 11) is 1.83. The van der Waals surface area contributed by atoms with Gasteiger partial charge in [-0.1, -0.05) is 0 Å². The van der Waals surface area contributed by atoms with E-state index in [9.17, 15) is 4.79 Å². The molecule has 1 N–H and O–H groups in total. The molecule has 1 aliphatic rings. The highest BCUT2D eigenvalue weighted by molar-refractivity contribution is 6.06. The van der Waals surface area contributed by atoms with Crippen LogP contribution in [-0.2, 0) is 7.05 Å². The van der Waals surface area contributed by atoms with Gasteiger partial charge in [0, 0.05) is 30.4 Å². The molecular formula is C17H18N4O2. The molecule has 4 rings (SSSR count). The van der Waals surface area contributed by atoms with Crippen LogP contribution in [0.2, 0.25) is 0 Å². The molecule has 6 heteroatoms. The van der Waals surface area contributed by atoms with Gasteiger partial charge in [0.1, 0.15) is 5.52 Å². The van der Waals surface area contributed by atoms with Gasteiger partial charge in [0.2, 0.25) is 0 Å². The lowest BCUT2D eigenvalue weighted by atomic mass is 10.2. The fourth-order valence-electron chi connectivity index (χ4n) is 2.82. The van der Waals surface area contributed by atoms with Gasteiger partial charge in [-0.2, -0.15) is 5.10 Å². The van der Waals surface area contributed by atoms with Crippen LogP contribution in [0.1, 0.15) is 46.4 Å². The maximum Gasteiger partial charge on any atom is 0.259 e. The largest absolute Gasteiger partial charge is 0.440 e. The molecule has 3 aromatic rings. The number of hydrogen-bond acceptors (Lipinski definition) is 4. The summed E-state index contributed by atoms with van der Waals surface area (Å²) in [4.78, 5) is 17.0. The average Bonchev–Trinajstić information content (AvgIpc) is 3.21. The third-order valence-electron chi connectivity index (χ3n) is 4.33. The van der Waals surface area contributed by atoms with Gasteiger partial charge in [-0.3, -0.25) is 9.48 Å². The molecule has 0 unspecified atom stereocenters. The number of nitrogens with zero attached hydrogens (tertiary/aromatic N) is 3. The number of carbonyl (C=O) groups is 1. The van der Waals surface area contributed by atoms with E-state index in [1.54, 1.807) is 4.68 Å². The van der Waals surface area contributed by atoms with Gasteiger partial charge in [0.15, 0.2) is 11.5 Å². The predicted octanol–water partition coefficient (Wildman–Crippen LogP) is 3.31. The molecule has 1 saturated carbocycles. The maximum absolute atomic E-state index is 12.5. The Morgan fingerprint density at radius 3 is 2.78 bits per heavy atom. The summed E-state index contributed by atoms with van der Waals surface area (Å²) in [5.41, 5.74) is 4.42. The van der Waals surface area contributed by atoms with Gasteiger partial charge >= 0.3 is 0 Å². The predicted molar refractivity (Wildman–Crippen MR) is 86.6 cm³/mol. The molecule has 118 valence electrons. The minimum atomic E-state index is -0.158. The number of aryl methyl sites for hydroxylation is 2. The first-order valence-electron chi connectivity index (χ1n) is 7.75. The molecule has 2 heterocycles. The van der Waals surface area contributed by atoms with E-state index in [-0.39, 0.29) is 5.91 Å². The van der Waals surface area contributed by atoms with Crippen LogP contribution in [0, 0.1) is 13.8 Å². The van der Waals surface area contributed by atoms with Crippen LogP contribution in [0.3, 0.4) is 0 Å². The second-order valence-corrected chi connectivity index (χ2v) is 6.13. The summed E-state index contributed by atoms with van der Waals surface area (Å²) in [6, 6.07) is 5.55. The molecule has 2 aromatic heterocycles. The number of benzene rings is 1. The van der Waals surface area contributed by atoms with Crippen molar-refractivity contribution in [2.75, 3.05) is 5.32 Å². The first kappa shape index (κ1) is 14.0. The fourth-order valence-corrected chi connectivity index (χ4v) is 2.82. The molecule has 23 heavy (non-hydrogen) atoms. The third kappa shape index (κ3) is 2.40. The summed E-state index contributed by atoms with van der Waals surface area (Å²) in [6.45, 7) is 3.72. The number of hydrogen-bond donors (Lipinski definition) is 1. The lowest BCUT2D eigenvalue weighted by Gasteiger charge is -2.05. The second-order valence-electron chi connectivity index (χ2n) is 6.13. The average molecular weight is 310 g/mol. The van der Waals surface area contributed by atoms with Crippen molar-refractivity contribution in [3.8, 4) is 0 Å². The van der Waals surface area contributed by atoms with Crippen molar-refractivity contribution in [2.45, 2.75) is 32.6 Å². The molecule has 1 aliphatic carbocycles. The Morgan fingerprint density at radius 2 is 2.13 bits per heavy atom. The highest BCUT2D eigenvalue weighted by Gasteiger charge is 2.29. The number of amides is 1. The van der Waals surface area contributed by atoms with Crippen molar-refractivity contribution in [3.05, 3.63) is 41.0 Å². The molecule has 0 spiro atoms. The molecule has 0 saturated heterocycles. The molecule has 1 amide bonds. The number of nitrogens with one attached hydrogen (secondary N) is 1. The van der Waals surface area contributed by atoms with Gasteiger partial charge in [-0.25, -0.2) is 4.98 Å². The molecule has 0 atom stereocenters. The van der Waals surface area contributed by atoms with Crippen molar-refractivity contribution in [1.82, 2.24) is 14.8 Å². The highest BCUT2D eigenvalue weighted by Crippen LogP contribution is 2.40. The van der Waals surface area contributed by atoms with Crippen LogP contribution in [-0.4, -0.2) is 20.7 Å². The second kappa shape index (κ2) is 4.94. The number of fused-ring (bicyclic) bond motifs is 1. The van der Waals surface area contributed by atoms with Crippen LogP contribution in [0.25, 0.3) is 11.1 Å². The minimum Gasteiger partial charge on any atom is -0.440 e. The van der Waals surface area contributed by atoms with E-state index in [0.29, 0.717) is 22.8 Å². The van der Waals surface area contributed by atoms with E-state index in [1.165, 1.54) is 0 Å².